The van der Waals surface area contributed by atoms with E-state index in [4.69, 9.17) is 9.84 Å². The first kappa shape index (κ1) is 45.6. The molecule has 0 aromatic heterocycles. The molecule has 1 aliphatic rings. The molecule has 0 radical (unpaired) electrons. The highest BCUT2D eigenvalue weighted by Gasteiger charge is 2.35. The summed E-state index contributed by atoms with van der Waals surface area (Å²) < 4.78 is 5.63. The first-order valence-electron chi connectivity index (χ1n) is 19.4. The molecule has 52 heavy (non-hydrogen) atoms. The van der Waals surface area contributed by atoms with Crippen molar-refractivity contribution in [1.29, 1.82) is 0 Å². The smallest absolute Gasteiger partial charge is 0.518 e. The first-order chi connectivity index (χ1) is 24.5. The van der Waals surface area contributed by atoms with E-state index in [1.807, 2.05) is 32.1 Å². The summed E-state index contributed by atoms with van der Waals surface area (Å²) in [5, 5.41) is 64.8. The van der Waals surface area contributed by atoms with Gasteiger partial charge >= 0.3 is 5.97 Å². The molecule has 1 aromatic rings. The van der Waals surface area contributed by atoms with Crippen LogP contribution in [-0.2, 0) is 16.1 Å². The van der Waals surface area contributed by atoms with E-state index in [2.05, 4.69) is 48.3 Å². The van der Waals surface area contributed by atoms with Crippen molar-refractivity contribution in [2.45, 2.75) is 154 Å². The Morgan fingerprint density at radius 3 is 2.25 bits per heavy atom. The quantitative estimate of drug-likeness (QED) is 0.0484. The molecule has 0 aliphatic carbocycles. The Hall–Kier alpha value is -2.57. The van der Waals surface area contributed by atoms with Crippen molar-refractivity contribution in [2.75, 3.05) is 25.1 Å². The van der Waals surface area contributed by atoms with Gasteiger partial charge in [-0.05, 0) is 108 Å². The van der Waals surface area contributed by atoms with Crippen molar-refractivity contribution < 1.29 is 40.2 Å². The van der Waals surface area contributed by atoms with Gasteiger partial charge in [0, 0.05) is 37.2 Å². The molecule has 1 saturated heterocycles. The van der Waals surface area contributed by atoms with E-state index in [0.29, 0.717) is 19.4 Å². The van der Waals surface area contributed by atoms with Crippen LogP contribution >= 0.6 is 0 Å². The normalized spacial score (nSPS) is 20.9. The fourth-order valence-electron chi connectivity index (χ4n) is 7.10. The van der Waals surface area contributed by atoms with Gasteiger partial charge in [0.05, 0.1) is 35.6 Å². The summed E-state index contributed by atoms with van der Waals surface area (Å²) in [5.41, 5.74) is 0.509. The van der Waals surface area contributed by atoms with E-state index in [9.17, 15) is 30.3 Å². The van der Waals surface area contributed by atoms with Gasteiger partial charge in [0.1, 0.15) is 12.5 Å². The molecule has 10 nitrogen and oxygen atoms in total. The zero-order valence-corrected chi connectivity index (χ0v) is 32.9. The molecule has 1 fully saturated rings. The first-order valence-corrected chi connectivity index (χ1v) is 19.4. The highest BCUT2D eigenvalue weighted by atomic mass is 16.5. The van der Waals surface area contributed by atoms with Crippen LogP contribution in [0, 0.1) is 11.8 Å². The highest BCUT2D eigenvalue weighted by molar-refractivity contribution is 5.67. The maximum atomic E-state index is 11.8. The molecule has 0 saturated carbocycles. The number of carbonyl (C=O) groups is 1. The number of aliphatic hydroxyl groups is 5. The van der Waals surface area contributed by atoms with Crippen LogP contribution in [0.5, 0.6) is 0 Å². The molecule has 1 aliphatic heterocycles. The minimum Gasteiger partial charge on any atom is -0.565 e. The lowest BCUT2D eigenvalue weighted by atomic mass is 9.86. The Labute approximate surface area is 313 Å². The number of rotatable bonds is 24. The minimum atomic E-state index is -1.49. The summed E-state index contributed by atoms with van der Waals surface area (Å²) in [6.07, 6.45) is 12.5. The number of methoxy groups -OCH3 is 1. The summed E-state index contributed by atoms with van der Waals surface area (Å²) >= 11 is 0. The standard InChI is InChI=1S/C42H70N2O8/c1-8-37(52-7)32(4)15-20-36(46)40(43-29-33-16-18-34(19-17-33)44-25-10-9-11-26-44)42(6,51)23-12-13-30(2)27-31(3)14-21-38(47)41(5,50)24-22-35(45)28-39(48)49/h12-14,16-19,21,23,31-32,35-38,40,43,45-47,50-51H,8-11,15,20,22,24-29H2,1-7H3,(H,48,49)/p+1/b21-14+,23-12+,30-13+/t31-,32-,35+,36-,37-,38-,40?,41+,42?/m0/s1. The van der Waals surface area contributed by atoms with Crippen LogP contribution in [0.1, 0.15) is 111 Å². The largest absolute Gasteiger partial charge is 0.565 e. The number of nitrogens with zero attached hydrogens (tertiary/aromatic N) is 1. The maximum Gasteiger partial charge on any atom is 0.518 e. The average Bonchev–Trinajstić information content (AvgIpc) is 3.09. The van der Waals surface area contributed by atoms with Gasteiger partial charge in [-0.3, -0.25) is 0 Å². The van der Waals surface area contributed by atoms with Crippen LogP contribution in [0.3, 0.4) is 0 Å². The second-order valence-corrected chi connectivity index (χ2v) is 15.7. The van der Waals surface area contributed by atoms with E-state index >= 15 is 0 Å². The summed E-state index contributed by atoms with van der Waals surface area (Å²) in [7, 11) is 1.72. The van der Waals surface area contributed by atoms with Crippen molar-refractivity contribution in [3.8, 4) is 0 Å². The summed E-state index contributed by atoms with van der Waals surface area (Å²) in [5.74, 6) is -0.558. The number of hydrogen-bond acceptors (Lipinski definition) is 9. The van der Waals surface area contributed by atoms with E-state index in [1.165, 1.54) is 31.9 Å². The number of allylic oxidation sites excluding steroid dienone is 4. The van der Waals surface area contributed by atoms with E-state index < -0.39 is 41.5 Å². The Bertz CT molecular complexity index is 1250. The van der Waals surface area contributed by atoms with E-state index in [-0.39, 0.29) is 37.2 Å². The van der Waals surface area contributed by atoms with Gasteiger partial charge in [0.15, 0.2) is 0 Å². The third-order valence-electron chi connectivity index (χ3n) is 10.6. The number of benzene rings is 1. The van der Waals surface area contributed by atoms with Gasteiger partial charge in [-0.1, -0.05) is 68.9 Å². The van der Waals surface area contributed by atoms with Gasteiger partial charge in [0.25, 0.3) is 0 Å². The third kappa shape index (κ3) is 16.2. The number of piperidine rings is 1. The molecule has 9 atom stereocenters. The van der Waals surface area contributed by atoms with Crippen molar-refractivity contribution >= 4 is 11.7 Å². The molecule has 8 N–H and O–H groups in total. The van der Waals surface area contributed by atoms with Gasteiger partial charge < -0.3 is 45.6 Å². The predicted molar refractivity (Wildman–Crippen MR) is 210 cm³/mol. The molecule has 0 amide bonds. The molecule has 0 bridgehead atoms. The lowest BCUT2D eigenvalue weighted by molar-refractivity contribution is -0.139. The number of carbonyl (C=O) groups excluding carboxylic acids is 1. The Morgan fingerprint density at radius 1 is 1.00 bits per heavy atom. The molecule has 1 aromatic carbocycles. The molecule has 0 spiro atoms. The topological polar surface area (TPSA) is 166 Å². The molecule has 10 heteroatoms. The van der Waals surface area contributed by atoms with Crippen LogP contribution in [-0.4, -0.2) is 98.5 Å². The summed E-state index contributed by atoms with van der Waals surface area (Å²) in [6, 6.07) is 7.93. The van der Waals surface area contributed by atoms with Crippen molar-refractivity contribution in [3.05, 3.63) is 65.8 Å². The molecule has 2 rings (SSSR count). The van der Waals surface area contributed by atoms with Gasteiger partial charge in [-0.25, -0.2) is 0 Å². The van der Waals surface area contributed by atoms with Crippen LogP contribution in [0.25, 0.3) is 0 Å². The molecule has 296 valence electrons. The van der Waals surface area contributed by atoms with Crippen molar-refractivity contribution in [3.63, 3.8) is 0 Å². The number of hydrogen-bond donors (Lipinski definition) is 6. The Kier molecular flexibility index (Phi) is 19.8. The fourth-order valence-corrected chi connectivity index (χ4v) is 7.10. The van der Waals surface area contributed by atoms with Gasteiger partial charge in [-0.2, -0.15) is 0 Å². The monoisotopic (exact) mass is 732 g/mol. The fraction of sp³-hybridized carbons (Fsp3) is 0.690. The summed E-state index contributed by atoms with van der Waals surface area (Å²) in [4.78, 5) is 13.3. The molecular formula is C42H71N2O8+. The van der Waals surface area contributed by atoms with Crippen LogP contribution < -0.4 is 10.2 Å². The number of nitrogens with one attached hydrogen (secondary N) is 1. The van der Waals surface area contributed by atoms with Gasteiger partial charge in [-0.15, -0.1) is 0 Å². The Balaban J connectivity index is 2.08. The Morgan fingerprint density at radius 2 is 1.65 bits per heavy atom. The zero-order valence-electron chi connectivity index (χ0n) is 32.9. The van der Waals surface area contributed by atoms with E-state index in [1.54, 1.807) is 26.2 Å². The number of anilines is 1. The molecule has 2 unspecified atom stereocenters. The lowest BCUT2D eigenvalue weighted by Gasteiger charge is -2.36. The molecular weight excluding hydrogens is 660 g/mol. The predicted octanol–water partition coefficient (Wildman–Crippen LogP) is 5.07. The summed E-state index contributed by atoms with van der Waals surface area (Å²) in [6.45, 7) is 14.1. The second-order valence-electron chi connectivity index (χ2n) is 15.7. The van der Waals surface area contributed by atoms with Crippen LogP contribution in [0.4, 0.5) is 5.69 Å². The third-order valence-corrected chi connectivity index (χ3v) is 10.6. The molecule has 1 heterocycles. The number of ether oxygens (including phenoxy) is 1. The van der Waals surface area contributed by atoms with Gasteiger partial charge in [0.2, 0.25) is 0 Å². The lowest BCUT2D eigenvalue weighted by Crippen LogP contribution is -2.54. The minimum absolute atomic E-state index is 0.0423. The van der Waals surface area contributed by atoms with Crippen LogP contribution in [0.2, 0.25) is 0 Å². The second kappa shape index (κ2) is 22.6. The maximum absolute atomic E-state index is 11.8. The highest BCUT2D eigenvalue weighted by Crippen LogP contribution is 2.26. The van der Waals surface area contributed by atoms with E-state index in [0.717, 1.165) is 37.1 Å². The van der Waals surface area contributed by atoms with Crippen LogP contribution in [0.15, 0.2) is 60.2 Å². The zero-order chi connectivity index (χ0) is 38.9. The van der Waals surface area contributed by atoms with Crippen molar-refractivity contribution in [2.24, 2.45) is 11.8 Å². The van der Waals surface area contributed by atoms with Crippen molar-refractivity contribution in [1.82, 2.24) is 5.32 Å². The number of aliphatic hydroxyl groups excluding tert-OH is 3. The SMILES string of the molecule is CC[C@H](OC)[C@@H](C)CC[C@H](O)C(NCc1ccc(N2CCCCC2)cc1)C(C)(O)/C=C/C=C(\C)C[C@@H](C)/C=C/[C@H](O)[C@](C)(O)CC[C@@H](O)CC(=O)[OH2+]. The average molecular weight is 732 g/mol.